The number of aryl methyl sites for hydroxylation is 1. The van der Waals surface area contributed by atoms with Crippen LogP contribution in [0.25, 0.3) is 4.96 Å². The predicted octanol–water partition coefficient (Wildman–Crippen LogP) is 3.10. The Balaban J connectivity index is 1.72. The van der Waals surface area contributed by atoms with Crippen LogP contribution < -0.4 is 0 Å². The van der Waals surface area contributed by atoms with Crippen molar-refractivity contribution in [3.63, 3.8) is 0 Å². The maximum absolute atomic E-state index is 9.61. The highest BCUT2D eigenvalue weighted by Gasteiger charge is 2.12. The number of imidazole rings is 1. The van der Waals surface area contributed by atoms with E-state index in [0.29, 0.717) is 0 Å². The molecule has 20 heavy (non-hydrogen) atoms. The van der Waals surface area contributed by atoms with Gasteiger partial charge in [0.2, 0.25) is 0 Å². The maximum atomic E-state index is 9.61. The number of aliphatic hydroxyl groups excluding tert-OH is 1. The molecule has 4 heteroatoms. The lowest BCUT2D eigenvalue weighted by atomic mass is 9.95. The molecule has 0 radical (unpaired) electrons. The molecule has 0 saturated heterocycles. The molecule has 104 valence electrons. The molecular weight excluding hydrogens is 268 g/mol. The van der Waals surface area contributed by atoms with Crippen LogP contribution in [0.2, 0.25) is 0 Å². The van der Waals surface area contributed by atoms with Crippen molar-refractivity contribution in [2.75, 3.05) is 6.61 Å². The zero-order chi connectivity index (χ0) is 13.9. The summed E-state index contributed by atoms with van der Waals surface area (Å²) in [6.45, 7) is 2.29. The molecule has 3 aromatic rings. The fourth-order valence-electron chi connectivity index (χ4n) is 2.54. The molecule has 2 heterocycles. The van der Waals surface area contributed by atoms with Crippen molar-refractivity contribution in [3.8, 4) is 0 Å². The van der Waals surface area contributed by atoms with Crippen molar-refractivity contribution in [1.29, 1.82) is 0 Å². The molecule has 1 N–H and O–H groups in total. The Bertz CT molecular complexity index is 673. The zero-order valence-corrected chi connectivity index (χ0v) is 12.3. The van der Waals surface area contributed by atoms with Crippen LogP contribution in [-0.2, 0) is 12.8 Å². The molecule has 1 unspecified atom stereocenters. The summed E-state index contributed by atoms with van der Waals surface area (Å²) in [4.78, 5) is 5.61. The first-order chi connectivity index (χ1) is 9.74. The molecule has 0 spiro atoms. The van der Waals surface area contributed by atoms with Gasteiger partial charge in [0.25, 0.3) is 0 Å². The van der Waals surface area contributed by atoms with Gasteiger partial charge in [0.05, 0.1) is 5.69 Å². The highest BCUT2D eigenvalue weighted by atomic mass is 32.1. The van der Waals surface area contributed by atoms with Crippen molar-refractivity contribution >= 4 is 16.3 Å². The van der Waals surface area contributed by atoms with Gasteiger partial charge >= 0.3 is 0 Å². The topological polar surface area (TPSA) is 37.5 Å². The van der Waals surface area contributed by atoms with Gasteiger partial charge in [-0.1, -0.05) is 29.8 Å². The van der Waals surface area contributed by atoms with E-state index in [0.717, 1.165) is 23.5 Å². The van der Waals surface area contributed by atoms with Gasteiger partial charge in [-0.25, -0.2) is 4.98 Å². The summed E-state index contributed by atoms with van der Waals surface area (Å²) < 4.78 is 2.04. The van der Waals surface area contributed by atoms with E-state index >= 15 is 0 Å². The van der Waals surface area contributed by atoms with Crippen LogP contribution in [0.5, 0.6) is 0 Å². The van der Waals surface area contributed by atoms with Crippen molar-refractivity contribution in [2.45, 2.75) is 19.8 Å². The van der Waals surface area contributed by atoms with E-state index in [4.69, 9.17) is 0 Å². The summed E-state index contributed by atoms with van der Waals surface area (Å²) in [6.07, 6.45) is 5.79. The third-order valence-corrected chi connectivity index (χ3v) is 4.28. The fraction of sp³-hybridized carbons (Fsp3) is 0.312. The Morgan fingerprint density at radius 3 is 3.00 bits per heavy atom. The summed E-state index contributed by atoms with van der Waals surface area (Å²) >= 11 is 1.64. The molecule has 2 aromatic heterocycles. The van der Waals surface area contributed by atoms with E-state index in [9.17, 15) is 5.11 Å². The molecule has 1 aromatic carbocycles. The predicted molar refractivity (Wildman–Crippen MR) is 82.2 cm³/mol. The number of thiazole rings is 1. The molecule has 3 nitrogen and oxygen atoms in total. The van der Waals surface area contributed by atoms with Crippen LogP contribution in [0.15, 0.2) is 42.0 Å². The second kappa shape index (κ2) is 5.77. The van der Waals surface area contributed by atoms with E-state index in [-0.39, 0.29) is 12.5 Å². The monoisotopic (exact) mass is 286 g/mol. The Morgan fingerprint density at radius 2 is 2.25 bits per heavy atom. The average Bonchev–Trinajstić information content (AvgIpc) is 2.98. The molecule has 0 aliphatic heterocycles. The Hall–Kier alpha value is -1.65. The standard InChI is InChI=1S/C16H18N2OS/c1-12-3-2-4-13(7-12)8-14(11-19)9-15-10-18-5-6-20-16(18)17-15/h2-7,10,14,19H,8-9,11H2,1H3. The minimum Gasteiger partial charge on any atom is -0.396 e. The van der Waals surface area contributed by atoms with Crippen LogP contribution in [0.1, 0.15) is 16.8 Å². The molecule has 3 rings (SSSR count). The van der Waals surface area contributed by atoms with Crippen LogP contribution in [0, 0.1) is 12.8 Å². The molecule has 0 saturated carbocycles. The summed E-state index contributed by atoms with van der Waals surface area (Å²) in [5.41, 5.74) is 3.61. The lowest BCUT2D eigenvalue weighted by Crippen LogP contribution is -2.13. The second-order valence-electron chi connectivity index (χ2n) is 5.27. The number of fused-ring (bicyclic) bond motifs is 1. The molecule has 0 bridgehead atoms. The number of hydrogen-bond donors (Lipinski definition) is 1. The first-order valence-electron chi connectivity index (χ1n) is 6.82. The van der Waals surface area contributed by atoms with Crippen LogP contribution >= 0.6 is 11.3 Å². The number of rotatable bonds is 5. The van der Waals surface area contributed by atoms with E-state index < -0.39 is 0 Å². The first kappa shape index (κ1) is 13.3. The minimum atomic E-state index is 0.194. The molecular formula is C16H18N2OS. The van der Waals surface area contributed by atoms with Gasteiger partial charge in [-0.3, -0.25) is 4.40 Å². The van der Waals surface area contributed by atoms with E-state index in [1.165, 1.54) is 11.1 Å². The van der Waals surface area contributed by atoms with Gasteiger partial charge in [0.15, 0.2) is 4.96 Å². The highest BCUT2D eigenvalue weighted by Crippen LogP contribution is 2.17. The quantitative estimate of drug-likeness (QED) is 0.782. The van der Waals surface area contributed by atoms with Gasteiger partial charge in [-0.05, 0) is 31.2 Å². The number of nitrogens with zero attached hydrogens (tertiary/aromatic N) is 2. The Kier molecular flexibility index (Phi) is 3.85. The second-order valence-corrected chi connectivity index (χ2v) is 6.14. The van der Waals surface area contributed by atoms with Crippen LogP contribution in [0.4, 0.5) is 0 Å². The Morgan fingerprint density at radius 1 is 1.35 bits per heavy atom. The van der Waals surface area contributed by atoms with Crippen molar-refractivity contribution in [1.82, 2.24) is 9.38 Å². The normalized spacial score (nSPS) is 12.9. The van der Waals surface area contributed by atoms with Gasteiger partial charge in [0, 0.05) is 24.4 Å². The lowest BCUT2D eigenvalue weighted by Gasteiger charge is -2.13. The first-order valence-corrected chi connectivity index (χ1v) is 7.70. The molecule has 0 amide bonds. The van der Waals surface area contributed by atoms with Crippen molar-refractivity contribution < 1.29 is 5.11 Å². The minimum absolute atomic E-state index is 0.194. The number of aromatic nitrogens is 2. The third kappa shape index (κ3) is 2.92. The van der Waals surface area contributed by atoms with Crippen LogP contribution in [-0.4, -0.2) is 21.1 Å². The molecule has 0 aliphatic rings. The molecule has 1 atom stereocenters. The third-order valence-electron chi connectivity index (χ3n) is 3.51. The average molecular weight is 286 g/mol. The van der Waals surface area contributed by atoms with E-state index in [1.54, 1.807) is 11.3 Å². The number of benzene rings is 1. The van der Waals surface area contributed by atoms with E-state index in [1.807, 2.05) is 16.0 Å². The summed E-state index contributed by atoms with van der Waals surface area (Å²) in [7, 11) is 0. The largest absolute Gasteiger partial charge is 0.396 e. The highest BCUT2D eigenvalue weighted by molar-refractivity contribution is 7.15. The number of hydrogen-bond acceptors (Lipinski definition) is 3. The summed E-state index contributed by atoms with van der Waals surface area (Å²) in [5, 5.41) is 11.6. The molecule has 0 fully saturated rings. The van der Waals surface area contributed by atoms with E-state index in [2.05, 4.69) is 42.4 Å². The van der Waals surface area contributed by atoms with Gasteiger partial charge in [-0.2, -0.15) is 0 Å². The number of aliphatic hydroxyl groups is 1. The smallest absolute Gasteiger partial charge is 0.193 e. The van der Waals surface area contributed by atoms with Crippen molar-refractivity contribution in [3.05, 3.63) is 58.9 Å². The summed E-state index contributed by atoms with van der Waals surface area (Å²) in [5.74, 6) is 0.224. The summed E-state index contributed by atoms with van der Waals surface area (Å²) in [6, 6.07) is 8.49. The van der Waals surface area contributed by atoms with Gasteiger partial charge in [-0.15, -0.1) is 11.3 Å². The Labute approximate surface area is 122 Å². The lowest BCUT2D eigenvalue weighted by molar-refractivity contribution is 0.224. The van der Waals surface area contributed by atoms with Crippen LogP contribution in [0.3, 0.4) is 0 Å². The van der Waals surface area contributed by atoms with Gasteiger partial charge < -0.3 is 5.11 Å². The zero-order valence-electron chi connectivity index (χ0n) is 11.5. The molecule has 0 aliphatic carbocycles. The fourth-order valence-corrected chi connectivity index (χ4v) is 3.26. The van der Waals surface area contributed by atoms with Gasteiger partial charge in [0.1, 0.15) is 0 Å². The SMILES string of the molecule is Cc1cccc(CC(CO)Cc2cn3ccsc3n2)c1. The maximum Gasteiger partial charge on any atom is 0.193 e. The van der Waals surface area contributed by atoms with Crippen molar-refractivity contribution in [2.24, 2.45) is 5.92 Å².